The van der Waals surface area contributed by atoms with Gasteiger partial charge >= 0.3 is 6.09 Å². The number of nitrogens with zero attached hydrogens (tertiary/aromatic N) is 1. The number of amides is 2. The summed E-state index contributed by atoms with van der Waals surface area (Å²) in [5.41, 5.74) is 0.618. The van der Waals surface area contributed by atoms with E-state index in [1.807, 2.05) is 0 Å². The molecule has 0 heterocycles. The Morgan fingerprint density at radius 3 is 2.44 bits per heavy atom. The molecule has 0 bridgehead atoms. The Bertz CT molecular complexity index is 1380. The van der Waals surface area contributed by atoms with E-state index < -0.39 is 87.5 Å². The number of nitrogens with two attached hydrogens (primary N) is 1. The molecule has 0 spiro atoms. The minimum Gasteiger partial charge on any atom is -0.508 e. The molecule has 0 aromatic heterocycles. The highest BCUT2D eigenvalue weighted by Gasteiger charge is 2.68. The van der Waals surface area contributed by atoms with E-state index in [0.717, 1.165) is 0 Å². The average Bonchev–Trinajstić information content (AvgIpc) is 2.85. The molecule has 39 heavy (non-hydrogen) atoms. The number of nitrogens with one attached hydrogen (secondary N) is 1. The fourth-order valence-electron chi connectivity index (χ4n) is 6.00. The molecule has 13 heteroatoms. The summed E-state index contributed by atoms with van der Waals surface area (Å²) in [4.78, 5) is 52.5. The number of aliphatic hydroxyl groups is 4. The summed E-state index contributed by atoms with van der Waals surface area (Å²) in [7, 11) is 2.85. The van der Waals surface area contributed by atoms with Crippen molar-refractivity contribution < 1.29 is 49.4 Å². The zero-order chi connectivity index (χ0) is 29.1. The molecule has 6 atom stereocenters. The fourth-order valence-corrected chi connectivity index (χ4v) is 6.00. The molecular formula is C26H29N3O10. The molecule has 208 valence electrons. The van der Waals surface area contributed by atoms with Crippen LogP contribution in [0.4, 0.5) is 10.5 Å². The number of anilines is 1. The van der Waals surface area contributed by atoms with Crippen molar-refractivity contribution in [3.63, 3.8) is 0 Å². The highest BCUT2D eigenvalue weighted by Crippen LogP contribution is 2.56. The molecule has 3 aliphatic rings. The van der Waals surface area contributed by atoms with Crippen LogP contribution < -0.4 is 11.1 Å². The number of primary amides is 1. The lowest BCUT2D eigenvalue weighted by molar-refractivity contribution is -0.169. The first-order valence-corrected chi connectivity index (χ1v) is 11.9. The number of hydrogen-bond donors (Lipinski definition) is 7. The number of ketones is 2. The van der Waals surface area contributed by atoms with Crippen molar-refractivity contribution in [3.8, 4) is 5.75 Å². The third-order valence-electron chi connectivity index (χ3n) is 7.70. The normalized spacial score (nSPS) is 29.9. The van der Waals surface area contributed by atoms with E-state index in [0.29, 0.717) is 5.56 Å². The van der Waals surface area contributed by atoms with E-state index in [1.165, 1.54) is 37.2 Å². The predicted molar refractivity (Wildman–Crippen MR) is 136 cm³/mol. The van der Waals surface area contributed by atoms with Gasteiger partial charge in [-0.1, -0.05) is 25.6 Å². The summed E-state index contributed by atoms with van der Waals surface area (Å²) in [6, 6.07) is 1.36. The quantitative estimate of drug-likeness (QED) is 0.151. The zero-order valence-electron chi connectivity index (χ0n) is 21.3. The summed E-state index contributed by atoms with van der Waals surface area (Å²) in [6.45, 7) is 4.91. The van der Waals surface area contributed by atoms with Crippen LogP contribution in [0, 0.1) is 11.8 Å². The van der Waals surface area contributed by atoms with Crippen LogP contribution in [0.15, 0.2) is 41.7 Å². The molecule has 1 aromatic carbocycles. The van der Waals surface area contributed by atoms with Gasteiger partial charge in [-0.05, 0) is 31.6 Å². The fraction of sp³-hybridized carbons (Fsp3) is 0.385. The lowest BCUT2D eigenvalue weighted by Crippen LogP contribution is -2.70. The van der Waals surface area contributed by atoms with Crippen molar-refractivity contribution in [1.82, 2.24) is 4.90 Å². The summed E-state index contributed by atoms with van der Waals surface area (Å²) in [5, 5.41) is 58.7. The molecule has 8 N–H and O–H groups in total. The van der Waals surface area contributed by atoms with Gasteiger partial charge in [0.2, 0.25) is 5.78 Å². The van der Waals surface area contributed by atoms with Gasteiger partial charge in [0, 0.05) is 11.5 Å². The number of aromatic hydroxyl groups is 1. The van der Waals surface area contributed by atoms with E-state index in [2.05, 4.69) is 11.9 Å². The third kappa shape index (κ3) is 3.80. The number of aliphatic hydroxyl groups excluding tert-OH is 3. The van der Waals surface area contributed by atoms with Gasteiger partial charge in [-0.25, -0.2) is 4.79 Å². The second-order valence-electron chi connectivity index (χ2n) is 9.99. The third-order valence-corrected chi connectivity index (χ3v) is 7.70. The van der Waals surface area contributed by atoms with Crippen molar-refractivity contribution in [2.24, 2.45) is 17.6 Å². The molecule has 1 aromatic rings. The predicted octanol–water partition coefficient (Wildman–Crippen LogP) is 0.230. The second-order valence-corrected chi connectivity index (χ2v) is 9.99. The average molecular weight is 544 g/mol. The minimum absolute atomic E-state index is 0.113. The topological polar surface area (TPSA) is 220 Å². The maximum Gasteiger partial charge on any atom is 0.412 e. The number of carbonyl (C=O) groups is 4. The van der Waals surface area contributed by atoms with Crippen LogP contribution in [-0.2, 0) is 19.1 Å². The number of ether oxygens (including phenoxy) is 1. The Morgan fingerprint density at radius 2 is 1.87 bits per heavy atom. The van der Waals surface area contributed by atoms with Gasteiger partial charge in [-0.2, -0.15) is 0 Å². The Labute approximate surface area is 222 Å². The maximum atomic E-state index is 13.9. The Kier molecular flexibility index (Phi) is 6.79. The number of fused-ring (bicyclic) bond motifs is 3. The Hall–Kier alpha value is -4.20. The van der Waals surface area contributed by atoms with Crippen LogP contribution in [0.25, 0.3) is 5.76 Å². The molecule has 1 fully saturated rings. The van der Waals surface area contributed by atoms with Crippen molar-refractivity contribution in [2.75, 3.05) is 26.0 Å². The molecular weight excluding hydrogens is 514 g/mol. The van der Waals surface area contributed by atoms with E-state index in [-0.39, 0.29) is 17.9 Å². The zero-order valence-corrected chi connectivity index (χ0v) is 21.3. The first kappa shape index (κ1) is 27.8. The van der Waals surface area contributed by atoms with E-state index in [1.54, 1.807) is 6.92 Å². The maximum absolute atomic E-state index is 13.9. The van der Waals surface area contributed by atoms with Crippen LogP contribution in [0.1, 0.15) is 24.0 Å². The monoisotopic (exact) mass is 543 g/mol. The van der Waals surface area contributed by atoms with Gasteiger partial charge in [-0.15, -0.1) is 0 Å². The molecule has 3 aliphatic carbocycles. The van der Waals surface area contributed by atoms with Crippen molar-refractivity contribution in [3.05, 3.63) is 52.8 Å². The highest BCUT2D eigenvalue weighted by atomic mass is 16.5. The van der Waals surface area contributed by atoms with E-state index in [4.69, 9.17) is 10.5 Å². The number of likely N-dealkylation sites (N-methyl/N-ethyl adjacent to an activating group) is 1. The van der Waals surface area contributed by atoms with Crippen LogP contribution in [0.5, 0.6) is 5.75 Å². The van der Waals surface area contributed by atoms with E-state index in [9.17, 15) is 44.7 Å². The van der Waals surface area contributed by atoms with Gasteiger partial charge in [0.1, 0.15) is 29.4 Å². The lowest BCUT2D eigenvalue weighted by atomic mass is 9.54. The summed E-state index contributed by atoms with van der Waals surface area (Å²) < 4.78 is 4.83. The summed E-state index contributed by atoms with van der Waals surface area (Å²) >= 11 is 0. The molecule has 3 unspecified atom stereocenters. The number of carbonyl (C=O) groups excluding carboxylic acids is 4. The Morgan fingerprint density at radius 1 is 1.23 bits per heavy atom. The number of benzene rings is 1. The Balaban J connectivity index is 1.94. The van der Waals surface area contributed by atoms with Crippen LogP contribution in [0.2, 0.25) is 0 Å². The van der Waals surface area contributed by atoms with Crippen LogP contribution in [-0.4, -0.2) is 92.4 Å². The van der Waals surface area contributed by atoms with Crippen molar-refractivity contribution in [1.29, 1.82) is 0 Å². The van der Waals surface area contributed by atoms with E-state index >= 15 is 0 Å². The highest BCUT2D eigenvalue weighted by molar-refractivity contribution is 6.24. The van der Waals surface area contributed by atoms with Crippen LogP contribution >= 0.6 is 0 Å². The van der Waals surface area contributed by atoms with Gasteiger partial charge in [0.05, 0.1) is 29.3 Å². The number of phenols is 1. The molecule has 0 saturated heterocycles. The van der Waals surface area contributed by atoms with Gasteiger partial charge in [0.15, 0.2) is 11.4 Å². The smallest absolute Gasteiger partial charge is 0.412 e. The summed E-state index contributed by atoms with van der Waals surface area (Å²) in [5.74, 6) is -10.0. The standard InChI is InChI=1S/C26H29N3O10/c1-5-8-39-25(37)28-11-7-6-10-9(2)12-14(19(31)13(10)18(11)30)22(34)26(38)16(20(12)32)17(29(3)4)21(33)15(23(26)35)24(27)36/h5-7,9,12,16-17,20,30-32,35,38H,1,8H2,2-4H3,(H2,27,36)(H,28,37)/t9-,12?,16?,17-,20?,26-/m0/s1. The molecule has 13 nitrogen and oxygen atoms in total. The number of phenolic OH excluding ortho intramolecular Hbond substituents is 1. The second kappa shape index (κ2) is 9.52. The van der Waals surface area contributed by atoms with Gasteiger partial charge < -0.3 is 36.0 Å². The van der Waals surface area contributed by atoms with Crippen molar-refractivity contribution >= 4 is 35.0 Å². The summed E-state index contributed by atoms with van der Waals surface area (Å²) in [6.07, 6.45) is -1.30. The first-order valence-electron chi connectivity index (χ1n) is 11.9. The molecule has 0 aliphatic heterocycles. The van der Waals surface area contributed by atoms with Gasteiger partial charge in [0.25, 0.3) is 5.91 Å². The molecule has 1 saturated carbocycles. The number of Topliss-reactive ketones (excluding diaryl/α,β-unsaturated/α-hetero) is 2. The molecule has 4 rings (SSSR count). The minimum atomic E-state index is -3.01. The van der Waals surface area contributed by atoms with Crippen LogP contribution in [0.3, 0.4) is 0 Å². The number of hydrogen-bond acceptors (Lipinski definition) is 11. The lowest BCUT2D eigenvalue weighted by Gasteiger charge is -2.53. The molecule has 2 amide bonds. The van der Waals surface area contributed by atoms with Gasteiger partial charge in [-0.3, -0.25) is 24.6 Å². The molecule has 0 radical (unpaired) electrons. The van der Waals surface area contributed by atoms with Crippen molar-refractivity contribution in [2.45, 2.75) is 30.6 Å². The largest absolute Gasteiger partial charge is 0.508 e. The number of rotatable bonds is 5. The SMILES string of the molecule is C=CCOC(=O)Nc1ccc2c(c1O)C(O)=C1C(=O)[C@]3(O)C(O)=C(C(N)=O)C(=O)[C@@H](N(C)C)C3C(O)C1[C@H]2C. The first-order chi connectivity index (χ1) is 18.2.